The number of hydrogen-bond acceptors (Lipinski definition) is 47. The summed E-state index contributed by atoms with van der Waals surface area (Å²) in [6, 6.07) is 0. The van der Waals surface area contributed by atoms with Crippen LogP contribution in [0.2, 0.25) is 0 Å². The van der Waals surface area contributed by atoms with Crippen molar-refractivity contribution in [2.45, 2.75) is 168 Å². The molecule has 0 saturated carbocycles. The van der Waals surface area contributed by atoms with Crippen molar-refractivity contribution in [3.8, 4) is 0 Å². The third-order valence-electron chi connectivity index (χ3n) is 12.6. The zero-order valence-corrected chi connectivity index (χ0v) is 61.2. The van der Waals surface area contributed by atoms with Crippen molar-refractivity contribution >= 4 is 135 Å². The predicted octanol–water partition coefficient (Wildman–Crippen LogP) is -8.61. The third-order valence-corrected chi connectivity index (χ3v) is 18.6. The summed E-state index contributed by atoms with van der Waals surface area (Å²) in [6.45, 7) is -7.82. The summed E-state index contributed by atoms with van der Waals surface area (Å²) >= 11 is 0. The van der Waals surface area contributed by atoms with Crippen LogP contribution in [0.5, 0.6) is 0 Å². The smallest absolute Gasteiger partial charge is 0.350 e. The maximum absolute atomic E-state index is 13.1. The molecule has 0 bridgehead atoms. The zero-order chi connectivity index (χ0) is 80.7. The molecule has 0 aliphatic carbocycles. The molecule has 4 fully saturated rings. The van der Waals surface area contributed by atoms with Crippen molar-refractivity contribution in [1.82, 2.24) is 0 Å². The minimum atomic E-state index is -6.85. The molecule has 0 spiro atoms. The first-order valence-corrected chi connectivity index (χ1v) is 44.4. The van der Waals surface area contributed by atoms with Gasteiger partial charge in [-0.25, -0.2) is 54.4 Å². The van der Waals surface area contributed by atoms with Crippen molar-refractivity contribution in [1.29, 1.82) is 0 Å². The van der Waals surface area contributed by atoms with Gasteiger partial charge in [-0.15, -0.1) is 0 Å². The van der Waals surface area contributed by atoms with Crippen molar-refractivity contribution in [2.24, 2.45) is 0 Å². The van der Waals surface area contributed by atoms with E-state index in [-0.39, 0.29) is 12.8 Å². The molecule has 4 aliphatic heterocycles. The van der Waals surface area contributed by atoms with E-state index in [9.17, 15) is 169 Å². The monoisotopic (exact) mass is 1820 g/mol. The van der Waals surface area contributed by atoms with Gasteiger partial charge in [0.2, 0.25) is 0 Å². The molecule has 0 unspecified atom stereocenters. The lowest BCUT2D eigenvalue weighted by molar-refractivity contribution is -0.383. The van der Waals surface area contributed by atoms with Crippen molar-refractivity contribution in [2.75, 3.05) is 33.0 Å². The van der Waals surface area contributed by atoms with Gasteiger partial charge in [0.15, 0.2) is 43.5 Å². The van der Waals surface area contributed by atoms with Gasteiger partial charge in [-0.1, -0.05) is 39.0 Å². The van der Waals surface area contributed by atoms with E-state index in [0.717, 1.165) is 0 Å². The summed E-state index contributed by atoms with van der Waals surface area (Å²) in [4.78, 5) is 0. The Morgan fingerprint density at radius 1 is 0.229 bits per heavy atom. The van der Waals surface area contributed by atoms with Crippen LogP contribution in [0.1, 0.15) is 45.4 Å². The van der Waals surface area contributed by atoms with E-state index >= 15 is 0 Å². The largest absolute Gasteiger partial charge is 0.397 e. The molecule has 0 aromatic heterocycles. The van der Waals surface area contributed by atoms with Gasteiger partial charge >= 0.3 is 135 Å². The maximum Gasteiger partial charge on any atom is 0.397 e. The summed E-state index contributed by atoms with van der Waals surface area (Å²) in [5, 5.41) is 0. The lowest BCUT2D eigenvalue weighted by atomic mass is 9.95. The molecule has 105 heavy (non-hydrogen) atoms. The second-order valence-corrected chi connectivity index (χ2v) is 34.2. The summed E-state index contributed by atoms with van der Waals surface area (Å²) in [6.07, 6.45) is -69.3. The maximum atomic E-state index is 13.1. The van der Waals surface area contributed by atoms with E-state index in [1.54, 1.807) is 6.92 Å². The summed E-state index contributed by atoms with van der Waals surface area (Å²) in [5.41, 5.74) is 0. The molecule has 4 aliphatic rings. The Bertz CT molecular complexity index is 4490. The van der Waals surface area contributed by atoms with E-state index in [4.69, 9.17) is 37.9 Å². The van der Waals surface area contributed by atoms with Crippen LogP contribution in [-0.2, 0) is 227 Å². The molecule has 13 N–H and O–H groups in total. The van der Waals surface area contributed by atoms with E-state index in [2.05, 4.69) is 54.4 Å². The predicted molar refractivity (Wildman–Crippen MR) is 306 cm³/mol. The minimum absolute atomic E-state index is 0.129. The molecule has 0 amide bonds. The molecule has 4 rings (SSSR count). The first-order valence-electron chi connectivity index (χ1n) is 26.6. The molecule has 0 radical (unpaired) electrons. The summed E-state index contributed by atoms with van der Waals surface area (Å²) in [7, 11) is -83.4. The average Bonchev–Trinajstić information content (AvgIpc) is 0.753. The second kappa shape index (κ2) is 36.9. The summed E-state index contributed by atoms with van der Waals surface area (Å²) < 4.78 is 551. The molecule has 0 aromatic carbocycles. The Morgan fingerprint density at radius 2 is 0.429 bits per heavy atom. The standard InChI is InChI=1S/C32H58O60S13/c1-2-3-4-5-6-7-8-72-29-25(23(88-101(57,58)59)19(86-99(51,52)53)15(77-29)11-75-95(39,40)41)83-31-27(91-104(66,67)68)22(18(85-98(48,49)50)14(79-31)10-74-94(36,37)38)81-30-26(90-103(63,64)65)21(17(84-97(45,46)47)13(78-30)9-73-93(33,34)35)82-32-28(92-105(69,70)71)24(89-102(60,61)62)20(87-100(54,55)56)16(80-32)12-76-96(42,43)44/h13-32H,2-12H2,1H3,(H,33,34,35)(H,36,37,38)(H,39,40,41)(H,42,43,44)(H,45,46,47)(H,48,49,50)(H,51,52,53)(H,54,55,56)(H,57,58,59)(H,60,61,62)(H,63,64,65)(H,66,67,68)(H,69,70,71)/t13-,14-,15-,16-,17-,18-,19-,20-,21+,22+,23+,24+,25+,26+,27+,28+,29+,30-,31-,32-/m1/s1. The molecule has 20 atom stereocenters. The molecule has 4 heterocycles. The zero-order valence-electron chi connectivity index (χ0n) is 50.6. The van der Waals surface area contributed by atoms with Crippen LogP contribution in [0.3, 0.4) is 0 Å². The van der Waals surface area contributed by atoms with Crippen LogP contribution in [0, 0.1) is 0 Å². The normalized spacial score (nSPS) is 31.5. The lowest BCUT2D eigenvalue weighted by Gasteiger charge is -2.51. The molecule has 4 saturated heterocycles. The number of hydrogen-bond donors (Lipinski definition) is 13. The second-order valence-electron chi connectivity index (χ2n) is 20.4. The van der Waals surface area contributed by atoms with Crippen LogP contribution < -0.4 is 0 Å². The number of unbranched alkanes of at least 4 members (excludes halogenated alkanes) is 5. The summed E-state index contributed by atoms with van der Waals surface area (Å²) in [5.74, 6) is 0. The van der Waals surface area contributed by atoms with Crippen molar-refractivity contribution < 1.29 is 261 Å². The van der Waals surface area contributed by atoms with E-state index in [1.165, 1.54) is 0 Å². The van der Waals surface area contributed by atoms with Crippen LogP contribution in [0.4, 0.5) is 0 Å². The third kappa shape index (κ3) is 36.1. The van der Waals surface area contributed by atoms with Crippen molar-refractivity contribution in [3.63, 3.8) is 0 Å². The fraction of sp³-hybridized carbons (Fsp3) is 1.00. The van der Waals surface area contributed by atoms with Crippen LogP contribution in [-0.4, -0.2) is 324 Å². The molecule has 60 nitrogen and oxygen atoms in total. The highest BCUT2D eigenvalue weighted by molar-refractivity contribution is 7.83. The van der Waals surface area contributed by atoms with E-state index in [1.807, 2.05) is 0 Å². The van der Waals surface area contributed by atoms with Crippen LogP contribution >= 0.6 is 0 Å². The average molecular weight is 1820 g/mol. The fourth-order valence-corrected chi connectivity index (χ4v) is 15.1. The van der Waals surface area contributed by atoms with Gasteiger partial charge in [0.25, 0.3) is 0 Å². The Labute approximate surface area is 593 Å². The highest BCUT2D eigenvalue weighted by atomic mass is 32.3. The van der Waals surface area contributed by atoms with Gasteiger partial charge in [0.1, 0.15) is 79.4 Å². The minimum Gasteiger partial charge on any atom is -0.350 e. The Kier molecular flexibility index (Phi) is 33.5. The van der Waals surface area contributed by atoms with E-state index < -0.39 is 291 Å². The van der Waals surface area contributed by atoms with Gasteiger partial charge in [0.05, 0.1) is 26.4 Å². The number of rotatable bonds is 44. The first kappa shape index (κ1) is 95.4. The van der Waals surface area contributed by atoms with Gasteiger partial charge in [-0.05, 0) is 6.42 Å². The molecular weight excluding hydrogens is 1760 g/mol. The number of ether oxygens (including phenoxy) is 8. The Hall–Kier alpha value is -2.01. The highest BCUT2D eigenvalue weighted by Gasteiger charge is 2.63. The SMILES string of the molecule is CCCCCCCCO[C@H]1O[C@H](COS(=O)(=O)O)[C@@H](OS(=O)(=O)O)[C@H](OS(=O)(=O)O)[C@@H]1O[C@H]1O[C@H](COS(=O)(=O)O)[C@@H](OS(=O)(=O)O)[C@H](O[C@H]2O[C@H](COS(=O)(=O)O)[C@@H](OS(=O)(=O)O)[C@H](O[C@H]3O[C@H](COS(=O)(=O)O)[C@@H](OS(=O)(=O)O)[C@H](OS(=O)(=O)O)[C@@H]3OS(=O)(=O)O)[C@@H]2OS(=O)(=O)O)[C@@H]1OS(=O)(=O)O. The van der Waals surface area contributed by atoms with Gasteiger partial charge in [-0.2, -0.15) is 109 Å². The first-order chi connectivity index (χ1) is 47.1. The lowest BCUT2D eigenvalue weighted by Crippen LogP contribution is -2.70. The van der Waals surface area contributed by atoms with Gasteiger partial charge in [0, 0.05) is 6.61 Å². The Morgan fingerprint density at radius 3 is 0.686 bits per heavy atom. The quantitative estimate of drug-likeness (QED) is 0.0199. The highest BCUT2D eigenvalue weighted by Crippen LogP contribution is 2.42. The molecule has 0 aromatic rings. The van der Waals surface area contributed by atoms with Crippen molar-refractivity contribution in [3.05, 3.63) is 0 Å². The molecular formula is C32H58O60S13. The fourth-order valence-electron chi connectivity index (χ4n) is 9.38. The van der Waals surface area contributed by atoms with E-state index in [0.29, 0.717) is 25.7 Å². The molecule has 624 valence electrons. The van der Waals surface area contributed by atoms with Crippen LogP contribution in [0.25, 0.3) is 0 Å². The van der Waals surface area contributed by atoms with Crippen LogP contribution in [0.15, 0.2) is 0 Å². The topological polar surface area (TPSA) is 901 Å². The van der Waals surface area contributed by atoms with Gasteiger partial charge in [-0.3, -0.25) is 59.2 Å². The molecule has 73 heteroatoms. The van der Waals surface area contributed by atoms with Gasteiger partial charge < -0.3 is 37.9 Å². The Balaban J connectivity index is 2.28.